The molecule has 0 unspecified atom stereocenters. The summed E-state index contributed by atoms with van der Waals surface area (Å²) in [6.07, 6.45) is 0. The number of hydrogen-bond donors (Lipinski definition) is 0. The maximum absolute atomic E-state index is 13.7. The molecule has 0 aliphatic carbocycles. The predicted molar refractivity (Wildman–Crippen MR) is 95.0 cm³/mol. The number of halogens is 2. The highest BCUT2D eigenvalue weighted by molar-refractivity contribution is 6.46. The van der Waals surface area contributed by atoms with Crippen LogP contribution in [0.4, 0.5) is 10.1 Å². The number of rotatable bonds is 3. The maximum atomic E-state index is 13.7. The van der Waals surface area contributed by atoms with Crippen molar-refractivity contribution < 1.29 is 4.39 Å². The Bertz CT molecular complexity index is 807. The van der Waals surface area contributed by atoms with Gasteiger partial charge in [0.1, 0.15) is 13.7 Å². The molecule has 0 heterocycles. The molecule has 0 fully saturated rings. The lowest BCUT2D eigenvalue weighted by molar-refractivity contribution is 0.629. The van der Waals surface area contributed by atoms with Crippen molar-refractivity contribution in [2.45, 2.75) is 0 Å². The van der Waals surface area contributed by atoms with Gasteiger partial charge in [0.05, 0.1) is 16.4 Å². The third-order valence-electron chi connectivity index (χ3n) is 3.37. The molecule has 0 amide bonds. The Kier molecular flexibility index (Phi) is 4.59. The smallest absolute Gasteiger partial charge is 0.124 e. The van der Waals surface area contributed by atoms with Crippen LogP contribution in [0.3, 0.4) is 0 Å². The third-order valence-corrected chi connectivity index (χ3v) is 3.78. The summed E-state index contributed by atoms with van der Waals surface area (Å²) in [5, 5.41) is 0.246. The fourth-order valence-electron chi connectivity index (χ4n) is 2.29. The average molecular weight is 320 g/mol. The van der Waals surface area contributed by atoms with E-state index < -0.39 is 5.82 Å². The first-order valence-electron chi connectivity index (χ1n) is 7.09. The summed E-state index contributed by atoms with van der Waals surface area (Å²) in [5.74, 6) is -0.467. The zero-order chi connectivity index (χ0) is 16.2. The molecule has 0 saturated carbocycles. The second-order valence-electron chi connectivity index (χ2n) is 5.02. The van der Waals surface area contributed by atoms with Gasteiger partial charge in [-0.1, -0.05) is 77.7 Å². The molecule has 0 spiro atoms. The molecule has 0 aromatic heterocycles. The van der Waals surface area contributed by atoms with Gasteiger partial charge >= 0.3 is 0 Å². The molecular weight excluding hydrogens is 307 g/mol. The lowest BCUT2D eigenvalue weighted by Crippen LogP contribution is -2.07. The van der Waals surface area contributed by atoms with Crippen molar-refractivity contribution >= 4 is 36.3 Å². The summed E-state index contributed by atoms with van der Waals surface area (Å²) in [5.41, 5.74) is 3.02. The lowest BCUT2D eigenvalue weighted by atomic mass is 9.95. The minimum atomic E-state index is -0.467. The molecule has 110 valence electrons. The van der Waals surface area contributed by atoms with Crippen molar-refractivity contribution in [1.82, 2.24) is 0 Å². The van der Waals surface area contributed by atoms with Gasteiger partial charge in [-0.25, -0.2) is 9.38 Å². The molecule has 0 N–H and O–H groups in total. The van der Waals surface area contributed by atoms with Crippen LogP contribution in [0.25, 0.3) is 0 Å². The van der Waals surface area contributed by atoms with E-state index in [2.05, 4.69) is 4.99 Å². The van der Waals surface area contributed by atoms with Crippen molar-refractivity contribution in [1.29, 1.82) is 0 Å². The van der Waals surface area contributed by atoms with Crippen molar-refractivity contribution in [3.63, 3.8) is 0 Å². The molecule has 0 aliphatic heterocycles. The molecule has 23 heavy (non-hydrogen) atoms. The van der Waals surface area contributed by atoms with Gasteiger partial charge in [-0.2, -0.15) is 0 Å². The van der Waals surface area contributed by atoms with E-state index in [9.17, 15) is 4.39 Å². The van der Waals surface area contributed by atoms with Gasteiger partial charge < -0.3 is 0 Å². The van der Waals surface area contributed by atoms with Crippen LogP contribution in [-0.4, -0.2) is 13.6 Å². The Morgan fingerprint density at radius 1 is 0.870 bits per heavy atom. The van der Waals surface area contributed by atoms with Crippen molar-refractivity contribution in [3.8, 4) is 0 Å². The van der Waals surface area contributed by atoms with Crippen LogP contribution in [0, 0.1) is 5.82 Å². The molecule has 2 radical (unpaired) electrons. The predicted octanol–water partition coefficient (Wildman–Crippen LogP) is 4.44. The third kappa shape index (κ3) is 3.51. The fourth-order valence-corrected chi connectivity index (χ4v) is 2.44. The summed E-state index contributed by atoms with van der Waals surface area (Å²) < 4.78 is 13.7. The van der Waals surface area contributed by atoms with Crippen LogP contribution >= 0.6 is 11.6 Å². The van der Waals surface area contributed by atoms with Crippen LogP contribution in [0.15, 0.2) is 77.8 Å². The van der Waals surface area contributed by atoms with Gasteiger partial charge in [-0.15, -0.1) is 0 Å². The van der Waals surface area contributed by atoms with Gasteiger partial charge in [0.15, 0.2) is 0 Å². The highest BCUT2D eigenvalue weighted by Gasteiger charge is 2.10. The Labute approximate surface area is 140 Å². The van der Waals surface area contributed by atoms with Gasteiger partial charge in [0.25, 0.3) is 0 Å². The molecule has 0 saturated heterocycles. The zero-order valence-corrected chi connectivity index (χ0v) is 13.0. The summed E-state index contributed by atoms with van der Waals surface area (Å²) >= 11 is 6.19. The lowest BCUT2D eigenvalue weighted by Gasteiger charge is -2.10. The van der Waals surface area contributed by atoms with E-state index in [-0.39, 0.29) is 10.5 Å². The van der Waals surface area contributed by atoms with E-state index in [1.54, 1.807) is 0 Å². The van der Waals surface area contributed by atoms with Crippen molar-refractivity contribution in [3.05, 3.63) is 94.8 Å². The molecule has 0 atom stereocenters. The molecule has 4 heteroatoms. The van der Waals surface area contributed by atoms with E-state index in [4.69, 9.17) is 19.4 Å². The Balaban J connectivity index is 2.21. The second-order valence-corrected chi connectivity index (χ2v) is 5.40. The van der Waals surface area contributed by atoms with E-state index >= 15 is 0 Å². The fraction of sp³-hybridized carbons (Fsp3) is 0. The minimum absolute atomic E-state index is 0.172. The number of nitrogens with zero attached hydrogens (tertiary/aromatic N) is 1. The summed E-state index contributed by atoms with van der Waals surface area (Å²) in [6.45, 7) is 0. The van der Waals surface area contributed by atoms with Crippen molar-refractivity contribution in [2.24, 2.45) is 4.99 Å². The minimum Gasteiger partial charge on any atom is -0.246 e. The summed E-state index contributed by atoms with van der Waals surface area (Å²) in [7, 11) is 5.73. The zero-order valence-electron chi connectivity index (χ0n) is 12.2. The monoisotopic (exact) mass is 319 g/mol. The number of aliphatic imine (C=N–C) groups is 1. The molecule has 0 bridgehead atoms. The Morgan fingerprint density at radius 3 is 1.91 bits per heavy atom. The topological polar surface area (TPSA) is 12.4 Å². The molecule has 0 aliphatic rings. The first-order valence-corrected chi connectivity index (χ1v) is 7.47. The van der Waals surface area contributed by atoms with Crippen molar-refractivity contribution in [2.75, 3.05) is 0 Å². The Morgan fingerprint density at radius 2 is 1.39 bits per heavy atom. The normalized spacial score (nSPS) is 10.3. The largest absolute Gasteiger partial charge is 0.246 e. The molecule has 3 rings (SSSR count). The quantitative estimate of drug-likeness (QED) is 0.500. The SMILES string of the molecule is [B]c1cc(F)cc(N=C(c2ccccc2)c2ccccc2)c1Cl. The summed E-state index contributed by atoms with van der Waals surface area (Å²) in [6, 6.07) is 21.8. The van der Waals surface area contributed by atoms with E-state index in [1.165, 1.54) is 12.1 Å². The van der Waals surface area contributed by atoms with Gasteiger partial charge in [0, 0.05) is 17.2 Å². The maximum Gasteiger partial charge on any atom is 0.124 e. The first-order chi connectivity index (χ1) is 11.1. The van der Waals surface area contributed by atoms with E-state index in [0.717, 1.165) is 11.1 Å². The van der Waals surface area contributed by atoms with Gasteiger partial charge in [-0.3, -0.25) is 0 Å². The Hall–Kier alpha value is -2.39. The second kappa shape index (κ2) is 6.80. The molecular formula is C19H12BClFN. The van der Waals surface area contributed by atoms with Crippen LogP contribution in [-0.2, 0) is 0 Å². The van der Waals surface area contributed by atoms with Crippen LogP contribution in [0.2, 0.25) is 5.02 Å². The standard InChI is InChI=1S/C19H12BClFN/c20-16-11-15(22)12-17(18(16)21)23-19(13-7-3-1-4-8-13)14-9-5-2-6-10-14/h1-12H. The highest BCUT2D eigenvalue weighted by atomic mass is 35.5. The number of hydrogen-bond acceptors (Lipinski definition) is 1. The molecule has 3 aromatic rings. The van der Waals surface area contributed by atoms with E-state index in [0.29, 0.717) is 11.4 Å². The van der Waals surface area contributed by atoms with Crippen LogP contribution in [0.5, 0.6) is 0 Å². The average Bonchev–Trinajstić information content (AvgIpc) is 2.58. The summed E-state index contributed by atoms with van der Waals surface area (Å²) in [4.78, 5) is 4.58. The van der Waals surface area contributed by atoms with Gasteiger partial charge in [-0.05, 0) is 6.07 Å². The highest BCUT2D eigenvalue weighted by Crippen LogP contribution is 2.26. The molecule has 3 aromatic carbocycles. The van der Waals surface area contributed by atoms with E-state index in [1.807, 2.05) is 60.7 Å². The van der Waals surface area contributed by atoms with Crippen LogP contribution in [0.1, 0.15) is 11.1 Å². The molecule has 1 nitrogen and oxygen atoms in total. The first kappa shape index (κ1) is 15.5. The van der Waals surface area contributed by atoms with Gasteiger partial charge in [0.2, 0.25) is 0 Å². The van der Waals surface area contributed by atoms with Crippen LogP contribution < -0.4 is 5.46 Å². The number of benzene rings is 3.